The van der Waals surface area contributed by atoms with Crippen LogP contribution in [0.4, 0.5) is 5.82 Å². The Labute approximate surface area is 107 Å². The Hall–Kier alpha value is -1.69. The summed E-state index contributed by atoms with van der Waals surface area (Å²) in [6, 6.07) is 3.60. The van der Waals surface area contributed by atoms with Gasteiger partial charge < -0.3 is 16.0 Å². The second-order valence-corrected chi connectivity index (χ2v) is 4.89. The Morgan fingerprint density at radius 1 is 1.50 bits per heavy atom. The molecule has 1 aliphatic rings. The number of carbonyl (C=O) groups is 1. The highest BCUT2D eigenvalue weighted by atomic mass is 16.2. The highest BCUT2D eigenvalue weighted by Gasteiger charge is 2.28. The van der Waals surface area contributed by atoms with Gasteiger partial charge >= 0.3 is 0 Å². The number of nitrogens with one attached hydrogen (secondary N) is 1. The fraction of sp³-hybridized carbons (Fsp3) is 0.583. The molecule has 0 bridgehead atoms. The van der Waals surface area contributed by atoms with Crippen molar-refractivity contribution in [2.75, 3.05) is 26.0 Å². The minimum atomic E-state index is -0.149. The molecule has 18 heavy (non-hydrogen) atoms. The summed E-state index contributed by atoms with van der Waals surface area (Å²) < 4.78 is 0. The third-order valence-corrected chi connectivity index (χ3v) is 3.04. The first kappa shape index (κ1) is 12.8. The van der Waals surface area contributed by atoms with Gasteiger partial charge in [-0.25, -0.2) is 0 Å². The molecule has 98 valence electrons. The van der Waals surface area contributed by atoms with Gasteiger partial charge in [-0.2, -0.15) is 0 Å². The van der Waals surface area contributed by atoms with E-state index in [1.165, 1.54) is 17.7 Å². The molecular weight excluding hydrogens is 230 g/mol. The van der Waals surface area contributed by atoms with Gasteiger partial charge in [-0.1, -0.05) is 0 Å². The minimum Gasteiger partial charge on any atom is -0.367 e. The lowest BCUT2D eigenvalue weighted by atomic mass is 10.2. The van der Waals surface area contributed by atoms with E-state index in [0.717, 1.165) is 0 Å². The zero-order chi connectivity index (χ0) is 13.1. The third kappa shape index (κ3) is 3.16. The van der Waals surface area contributed by atoms with Gasteiger partial charge in [0.05, 0.1) is 0 Å². The van der Waals surface area contributed by atoms with Gasteiger partial charge in [-0.05, 0) is 30.9 Å². The van der Waals surface area contributed by atoms with Crippen molar-refractivity contribution < 1.29 is 4.79 Å². The van der Waals surface area contributed by atoms with E-state index in [1.54, 1.807) is 26.2 Å². The zero-order valence-electron chi connectivity index (χ0n) is 10.8. The van der Waals surface area contributed by atoms with E-state index in [2.05, 4.69) is 15.5 Å². The first-order valence-electron chi connectivity index (χ1n) is 6.13. The predicted octanol–water partition coefficient (Wildman–Crippen LogP) is 0.328. The van der Waals surface area contributed by atoms with E-state index >= 15 is 0 Å². The lowest BCUT2D eigenvalue weighted by molar-refractivity contribution is 0.0821. The lowest BCUT2D eigenvalue weighted by Gasteiger charge is -2.12. The molecule has 1 amide bonds. The van der Waals surface area contributed by atoms with Gasteiger partial charge in [0.15, 0.2) is 5.69 Å². The quantitative estimate of drug-likeness (QED) is 0.785. The maximum atomic E-state index is 11.6. The molecule has 1 aromatic rings. The van der Waals surface area contributed by atoms with E-state index < -0.39 is 0 Å². The average Bonchev–Trinajstić information content (AvgIpc) is 3.20. The van der Waals surface area contributed by atoms with Gasteiger partial charge in [-0.15, -0.1) is 10.2 Å². The zero-order valence-corrected chi connectivity index (χ0v) is 10.8. The van der Waals surface area contributed by atoms with Crippen molar-refractivity contribution in [3.8, 4) is 0 Å². The van der Waals surface area contributed by atoms with Crippen molar-refractivity contribution in [1.82, 2.24) is 15.1 Å². The van der Waals surface area contributed by atoms with Crippen molar-refractivity contribution in [2.45, 2.75) is 18.9 Å². The van der Waals surface area contributed by atoms with Crippen LogP contribution in [-0.2, 0) is 0 Å². The second-order valence-electron chi connectivity index (χ2n) is 4.89. The number of hydrogen-bond acceptors (Lipinski definition) is 5. The first-order chi connectivity index (χ1) is 8.58. The Kier molecular flexibility index (Phi) is 3.76. The molecule has 0 aromatic carbocycles. The van der Waals surface area contributed by atoms with Crippen molar-refractivity contribution in [2.24, 2.45) is 11.7 Å². The second kappa shape index (κ2) is 5.30. The summed E-state index contributed by atoms with van der Waals surface area (Å²) in [5, 5.41) is 11.0. The molecule has 1 aliphatic carbocycles. The molecule has 0 radical (unpaired) electrons. The van der Waals surface area contributed by atoms with Crippen molar-refractivity contribution in [3.63, 3.8) is 0 Å². The summed E-state index contributed by atoms with van der Waals surface area (Å²) >= 11 is 0. The van der Waals surface area contributed by atoms with E-state index in [0.29, 0.717) is 24.0 Å². The van der Waals surface area contributed by atoms with Crippen LogP contribution >= 0.6 is 0 Å². The lowest BCUT2D eigenvalue weighted by Crippen LogP contribution is -2.31. The molecule has 6 nitrogen and oxygen atoms in total. The maximum Gasteiger partial charge on any atom is 0.273 e. The van der Waals surface area contributed by atoms with Crippen molar-refractivity contribution >= 4 is 11.7 Å². The summed E-state index contributed by atoms with van der Waals surface area (Å²) in [4.78, 5) is 13.1. The number of rotatable bonds is 5. The topological polar surface area (TPSA) is 84.1 Å². The summed E-state index contributed by atoms with van der Waals surface area (Å²) in [5.74, 6) is 1.16. The largest absolute Gasteiger partial charge is 0.367 e. The van der Waals surface area contributed by atoms with Crippen LogP contribution in [0.3, 0.4) is 0 Å². The molecule has 0 spiro atoms. The van der Waals surface area contributed by atoms with Crippen molar-refractivity contribution in [3.05, 3.63) is 17.8 Å². The van der Waals surface area contributed by atoms with Crippen LogP contribution < -0.4 is 11.1 Å². The molecule has 1 heterocycles. The predicted molar refractivity (Wildman–Crippen MR) is 69.2 cm³/mol. The van der Waals surface area contributed by atoms with Gasteiger partial charge in [0.2, 0.25) is 0 Å². The number of hydrogen-bond donors (Lipinski definition) is 2. The number of nitrogens with two attached hydrogens (primary N) is 1. The van der Waals surface area contributed by atoms with E-state index in [9.17, 15) is 4.79 Å². The van der Waals surface area contributed by atoms with Crippen LogP contribution in [0.25, 0.3) is 0 Å². The summed E-state index contributed by atoms with van der Waals surface area (Å²) in [6.45, 7) is 0.695. The van der Waals surface area contributed by atoms with Crippen LogP contribution in [0.1, 0.15) is 23.3 Å². The van der Waals surface area contributed by atoms with Gasteiger partial charge in [0.1, 0.15) is 5.82 Å². The normalized spacial score (nSPS) is 16.2. The van der Waals surface area contributed by atoms with Gasteiger partial charge in [0, 0.05) is 26.7 Å². The molecular formula is C12H19N5O. The van der Waals surface area contributed by atoms with Gasteiger partial charge in [0.25, 0.3) is 5.91 Å². The van der Waals surface area contributed by atoms with Crippen LogP contribution in [0, 0.1) is 5.92 Å². The van der Waals surface area contributed by atoms with E-state index in [1.807, 2.05) is 0 Å². The molecule has 1 atom stereocenters. The minimum absolute atomic E-state index is 0.149. The maximum absolute atomic E-state index is 11.6. The SMILES string of the molecule is CN(C)C(=O)c1ccc(NCC(N)C2CC2)nn1. The molecule has 2 rings (SSSR count). The Bertz CT molecular complexity index is 413. The van der Waals surface area contributed by atoms with Crippen LogP contribution in [0.2, 0.25) is 0 Å². The van der Waals surface area contributed by atoms with E-state index in [-0.39, 0.29) is 11.9 Å². The molecule has 0 saturated heterocycles. The molecule has 0 aliphatic heterocycles. The standard InChI is InChI=1S/C12H19N5O/c1-17(2)12(18)10-5-6-11(16-15-10)14-7-9(13)8-3-4-8/h5-6,8-9H,3-4,7,13H2,1-2H3,(H,14,16). The number of carbonyl (C=O) groups excluding carboxylic acids is 1. The number of nitrogens with zero attached hydrogens (tertiary/aromatic N) is 3. The first-order valence-corrected chi connectivity index (χ1v) is 6.13. The fourth-order valence-corrected chi connectivity index (χ4v) is 1.68. The summed E-state index contributed by atoms with van der Waals surface area (Å²) in [6.07, 6.45) is 2.45. The van der Waals surface area contributed by atoms with Crippen LogP contribution in [0.15, 0.2) is 12.1 Å². The number of anilines is 1. The van der Waals surface area contributed by atoms with Gasteiger partial charge in [-0.3, -0.25) is 4.79 Å². The molecule has 1 unspecified atom stereocenters. The highest BCUT2D eigenvalue weighted by molar-refractivity contribution is 5.91. The van der Waals surface area contributed by atoms with E-state index in [4.69, 9.17) is 5.73 Å². The fourth-order valence-electron chi connectivity index (χ4n) is 1.68. The molecule has 1 saturated carbocycles. The van der Waals surface area contributed by atoms with Crippen LogP contribution in [-0.4, -0.2) is 47.7 Å². The Morgan fingerprint density at radius 3 is 2.72 bits per heavy atom. The summed E-state index contributed by atoms with van der Waals surface area (Å²) in [7, 11) is 3.37. The van der Waals surface area contributed by atoms with Crippen LogP contribution in [0.5, 0.6) is 0 Å². The summed E-state index contributed by atoms with van der Waals surface area (Å²) in [5.41, 5.74) is 6.32. The Balaban J connectivity index is 1.88. The monoisotopic (exact) mass is 249 g/mol. The number of amides is 1. The molecule has 3 N–H and O–H groups in total. The molecule has 1 aromatic heterocycles. The number of aromatic nitrogens is 2. The average molecular weight is 249 g/mol. The Morgan fingerprint density at radius 2 is 2.22 bits per heavy atom. The third-order valence-electron chi connectivity index (χ3n) is 3.04. The highest BCUT2D eigenvalue weighted by Crippen LogP contribution is 2.31. The smallest absolute Gasteiger partial charge is 0.273 e. The molecule has 6 heteroatoms. The molecule has 1 fully saturated rings. The van der Waals surface area contributed by atoms with Crippen molar-refractivity contribution in [1.29, 1.82) is 0 Å².